The van der Waals surface area contributed by atoms with E-state index in [1.807, 2.05) is 0 Å². The van der Waals surface area contributed by atoms with E-state index in [1.165, 1.54) is 24.4 Å². The molecule has 0 radical (unpaired) electrons. The standard InChI is InChI=1S/C12H6F3N3O/c13-12(14,15)8-2-1-3-9(6-8)19-11-4-5-17-10(7-16)18-11/h1-6H. The number of ether oxygens (including phenoxy) is 1. The summed E-state index contributed by atoms with van der Waals surface area (Å²) in [7, 11) is 0. The smallest absolute Gasteiger partial charge is 0.416 e. The average molecular weight is 265 g/mol. The lowest BCUT2D eigenvalue weighted by molar-refractivity contribution is -0.137. The lowest BCUT2D eigenvalue weighted by Crippen LogP contribution is -2.04. The zero-order valence-corrected chi connectivity index (χ0v) is 9.35. The van der Waals surface area contributed by atoms with E-state index >= 15 is 0 Å². The maximum atomic E-state index is 12.5. The lowest BCUT2D eigenvalue weighted by atomic mass is 10.2. The Labute approximate surface area is 106 Å². The highest BCUT2D eigenvalue weighted by Gasteiger charge is 2.30. The molecule has 0 aliphatic heterocycles. The van der Waals surface area contributed by atoms with Crippen LogP contribution >= 0.6 is 0 Å². The molecule has 0 aliphatic rings. The van der Waals surface area contributed by atoms with Gasteiger partial charge in [-0.05, 0) is 18.2 Å². The van der Waals surface area contributed by atoms with Crippen LogP contribution in [0.5, 0.6) is 11.6 Å². The van der Waals surface area contributed by atoms with Gasteiger partial charge in [0.15, 0.2) is 0 Å². The van der Waals surface area contributed by atoms with Crippen LogP contribution in [-0.4, -0.2) is 9.97 Å². The van der Waals surface area contributed by atoms with Gasteiger partial charge in [-0.1, -0.05) is 6.07 Å². The van der Waals surface area contributed by atoms with Gasteiger partial charge < -0.3 is 4.74 Å². The summed E-state index contributed by atoms with van der Waals surface area (Å²) >= 11 is 0. The molecule has 7 heteroatoms. The first-order valence-corrected chi connectivity index (χ1v) is 5.07. The predicted octanol–water partition coefficient (Wildman–Crippen LogP) is 3.16. The van der Waals surface area contributed by atoms with Crippen molar-refractivity contribution in [2.45, 2.75) is 6.18 Å². The third-order valence-corrected chi connectivity index (χ3v) is 2.11. The van der Waals surface area contributed by atoms with Gasteiger partial charge in [-0.2, -0.15) is 23.4 Å². The maximum Gasteiger partial charge on any atom is 0.416 e. The number of nitrogens with zero attached hydrogens (tertiary/aromatic N) is 3. The fraction of sp³-hybridized carbons (Fsp3) is 0.0833. The summed E-state index contributed by atoms with van der Waals surface area (Å²) in [6.07, 6.45) is -3.16. The topological polar surface area (TPSA) is 58.8 Å². The van der Waals surface area contributed by atoms with Crippen LogP contribution in [-0.2, 0) is 6.18 Å². The number of hydrogen-bond acceptors (Lipinski definition) is 4. The Morgan fingerprint density at radius 1 is 1.21 bits per heavy atom. The van der Waals surface area contributed by atoms with Gasteiger partial charge in [0, 0.05) is 12.3 Å². The molecule has 0 unspecified atom stereocenters. The summed E-state index contributed by atoms with van der Waals surface area (Å²) in [5, 5.41) is 8.60. The molecule has 0 saturated carbocycles. The van der Waals surface area contributed by atoms with E-state index in [0.29, 0.717) is 0 Å². The molecule has 0 spiro atoms. The van der Waals surface area contributed by atoms with Crippen molar-refractivity contribution in [2.24, 2.45) is 0 Å². The van der Waals surface area contributed by atoms with Gasteiger partial charge in [0.2, 0.25) is 11.7 Å². The molecule has 0 bridgehead atoms. The molecule has 2 rings (SSSR count). The second-order valence-electron chi connectivity index (χ2n) is 3.46. The molecule has 0 atom stereocenters. The SMILES string of the molecule is N#Cc1nccc(Oc2cccc(C(F)(F)F)c2)n1. The van der Waals surface area contributed by atoms with Crippen molar-refractivity contribution >= 4 is 0 Å². The Kier molecular flexibility index (Phi) is 3.33. The molecular weight excluding hydrogens is 259 g/mol. The Morgan fingerprint density at radius 3 is 2.68 bits per heavy atom. The minimum Gasteiger partial charge on any atom is -0.439 e. The van der Waals surface area contributed by atoms with Crippen LogP contribution in [0.4, 0.5) is 13.2 Å². The minimum atomic E-state index is -4.44. The van der Waals surface area contributed by atoms with E-state index in [-0.39, 0.29) is 17.5 Å². The number of halogens is 3. The van der Waals surface area contributed by atoms with Crippen LogP contribution in [0.25, 0.3) is 0 Å². The molecule has 19 heavy (non-hydrogen) atoms. The van der Waals surface area contributed by atoms with Crippen molar-refractivity contribution in [3.8, 4) is 17.7 Å². The highest BCUT2D eigenvalue weighted by atomic mass is 19.4. The first kappa shape index (κ1) is 12.8. The van der Waals surface area contributed by atoms with Gasteiger partial charge in [0.05, 0.1) is 5.56 Å². The summed E-state index contributed by atoms with van der Waals surface area (Å²) in [5.74, 6) is -0.132. The third-order valence-electron chi connectivity index (χ3n) is 2.11. The van der Waals surface area contributed by atoms with E-state index in [4.69, 9.17) is 10.00 Å². The number of hydrogen-bond donors (Lipinski definition) is 0. The quantitative estimate of drug-likeness (QED) is 0.836. The van der Waals surface area contributed by atoms with E-state index in [1.54, 1.807) is 6.07 Å². The number of aromatic nitrogens is 2. The Balaban J connectivity index is 2.26. The summed E-state index contributed by atoms with van der Waals surface area (Å²) in [6.45, 7) is 0. The summed E-state index contributed by atoms with van der Waals surface area (Å²) in [6, 6.07) is 7.44. The Bertz CT molecular complexity index is 635. The van der Waals surface area contributed by atoms with E-state index in [2.05, 4.69) is 9.97 Å². The predicted molar refractivity (Wildman–Crippen MR) is 58.3 cm³/mol. The molecule has 4 nitrogen and oxygen atoms in total. The second-order valence-corrected chi connectivity index (χ2v) is 3.46. The number of nitriles is 1. The lowest BCUT2D eigenvalue weighted by Gasteiger charge is -2.09. The van der Waals surface area contributed by atoms with Crippen molar-refractivity contribution in [1.82, 2.24) is 9.97 Å². The molecule has 0 aliphatic carbocycles. The van der Waals surface area contributed by atoms with E-state index < -0.39 is 11.7 Å². The zero-order chi connectivity index (χ0) is 13.9. The molecular formula is C12H6F3N3O. The summed E-state index contributed by atoms with van der Waals surface area (Å²) < 4.78 is 42.7. The zero-order valence-electron chi connectivity index (χ0n) is 9.35. The minimum absolute atomic E-state index is 0.00544. The highest BCUT2D eigenvalue weighted by Crippen LogP contribution is 2.32. The van der Waals surface area contributed by atoms with Crippen LogP contribution in [0.15, 0.2) is 36.5 Å². The fourth-order valence-electron chi connectivity index (χ4n) is 1.31. The van der Waals surface area contributed by atoms with Crippen molar-refractivity contribution in [1.29, 1.82) is 5.26 Å². The van der Waals surface area contributed by atoms with Crippen LogP contribution in [0, 0.1) is 11.3 Å². The van der Waals surface area contributed by atoms with Crippen molar-refractivity contribution in [2.75, 3.05) is 0 Å². The maximum absolute atomic E-state index is 12.5. The molecule has 0 N–H and O–H groups in total. The molecule has 96 valence electrons. The normalized spacial score (nSPS) is 10.8. The molecule has 1 aromatic carbocycles. The average Bonchev–Trinajstić information content (AvgIpc) is 2.38. The van der Waals surface area contributed by atoms with Crippen LogP contribution in [0.2, 0.25) is 0 Å². The van der Waals surface area contributed by atoms with Gasteiger partial charge in [0.25, 0.3) is 0 Å². The van der Waals surface area contributed by atoms with Gasteiger partial charge >= 0.3 is 6.18 Å². The second kappa shape index (κ2) is 4.94. The summed E-state index contributed by atoms with van der Waals surface area (Å²) in [4.78, 5) is 7.33. The Hall–Kier alpha value is -2.62. The van der Waals surface area contributed by atoms with Crippen LogP contribution < -0.4 is 4.74 Å². The van der Waals surface area contributed by atoms with E-state index in [0.717, 1.165) is 12.1 Å². The van der Waals surface area contributed by atoms with Crippen molar-refractivity contribution < 1.29 is 17.9 Å². The Morgan fingerprint density at radius 2 is 2.00 bits per heavy atom. The third kappa shape index (κ3) is 3.19. The largest absolute Gasteiger partial charge is 0.439 e. The van der Waals surface area contributed by atoms with Gasteiger partial charge in [0.1, 0.15) is 11.8 Å². The monoisotopic (exact) mass is 265 g/mol. The van der Waals surface area contributed by atoms with Gasteiger partial charge in [-0.15, -0.1) is 0 Å². The highest BCUT2D eigenvalue weighted by molar-refractivity contribution is 5.33. The number of benzene rings is 1. The number of rotatable bonds is 2. The molecule has 1 aromatic heterocycles. The first-order valence-electron chi connectivity index (χ1n) is 5.07. The summed E-state index contributed by atoms with van der Waals surface area (Å²) in [5.41, 5.74) is -0.820. The van der Waals surface area contributed by atoms with Crippen LogP contribution in [0.1, 0.15) is 11.4 Å². The molecule has 1 heterocycles. The van der Waals surface area contributed by atoms with Gasteiger partial charge in [-0.3, -0.25) is 0 Å². The molecule has 0 saturated heterocycles. The van der Waals surface area contributed by atoms with Crippen molar-refractivity contribution in [3.63, 3.8) is 0 Å². The van der Waals surface area contributed by atoms with Crippen LogP contribution in [0.3, 0.4) is 0 Å². The van der Waals surface area contributed by atoms with Crippen molar-refractivity contribution in [3.05, 3.63) is 47.9 Å². The first-order chi connectivity index (χ1) is 8.99. The van der Waals surface area contributed by atoms with E-state index in [9.17, 15) is 13.2 Å². The molecule has 0 amide bonds. The number of alkyl halides is 3. The fourth-order valence-corrected chi connectivity index (χ4v) is 1.31. The molecule has 0 fully saturated rings. The van der Waals surface area contributed by atoms with Gasteiger partial charge in [-0.25, -0.2) is 4.98 Å². The molecule has 2 aromatic rings.